The molecule has 0 aliphatic carbocycles. The molecular weight excluding hydrogens is 268 g/mol. The first-order valence-corrected chi connectivity index (χ1v) is 6.37. The van der Waals surface area contributed by atoms with Crippen LogP contribution in [0.5, 0.6) is 0 Å². The summed E-state index contributed by atoms with van der Waals surface area (Å²) >= 11 is 5.88. The van der Waals surface area contributed by atoms with Gasteiger partial charge in [-0.1, -0.05) is 23.7 Å². The Labute approximate surface area is 116 Å². The lowest BCUT2D eigenvalue weighted by molar-refractivity contribution is -0.124. The van der Waals surface area contributed by atoms with Gasteiger partial charge in [-0.05, 0) is 24.1 Å². The maximum atomic E-state index is 11.8. The van der Waals surface area contributed by atoms with Gasteiger partial charge in [-0.25, -0.2) is 4.79 Å². The number of ether oxygens (including phenoxy) is 1. The molecule has 1 aliphatic heterocycles. The van der Waals surface area contributed by atoms with E-state index in [4.69, 9.17) is 16.3 Å². The zero-order chi connectivity index (χ0) is 13.8. The van der Waals surface area contributed by atoms with E-state index in [9.17, 15) is 9.59 Å². The Balaban J connectivity index is 1.80. The Morgan fingerprint density at radius 2 is 2.37 bits per heavy atom. The van der Waals surface area contributed by atoms with Gasteiger partial charge in [0.1, 0.15) is 12.6 Å². The highest BCUT2D eigenvalue weighted by Crippen LogP contribution is 2.11. The fourth-order valence-electron chi connectivity index (χ4n) is 1.88. The minimum absolute atomic E-state index is 0.109. The van der Waals surface area contributed by atoms with Crippen molar-refractivity contribution in [2.45, 2.75) is 12.5 Å². The van der Waals surface area contributed by atoms with Crippen molar-refractivity contribution >= 4 is 23.6 Å². The summed E-state index contributed by atoms with van der Waals surface area (Å²) in [4.78, 5) is 24.3. The SMILES string of the molecule is CN1C(=O)OCC1C(=O)NCCc1cccc(Cl)c1. The predicted octanol–water partition coefficient (Wildman–Crippen LogP) is 1.45. The smallest absolute Gasteiger partial charge is 0.410 e. The maximum absolute atomic E-state index is 11.8. The first-order chi connectivity index (χ1) is 9.08. The second-order valence-corrected chi connectivity index (χ2v) is 4.81. The molecule has 1 aromatic carbocycles. The fourth-order valence-corrected chi connectivity index (χ4v) is 2.10. The summed E-state index contributed by atoms with van der Waals surface area (Å²) in [5.41, 5.74) is 1.06. The molecule has 1 heterocycles. The third kappa shape index (κ3) is 3.38. The summed E-state index contributed by atoms with van der Waals surface area (Å²) in [5, 5.41) is 3.47. The highest BCUT2D eigenvalue weighted by Gasteiger charge is 2.34. The zero-order valence-corrected chi connectivity index (χ0v) is 11.3. The summed E-state index contributed by atoms with van der Waals surface area (Å²) in [6.07, 6.45) is 0.229. The van der Waals surface area contributed by atoms with E-state index in [0.29, 0.717) is 18.0 Å². The summed E-state index contributed by atoms with van der Waals surface area (Å²) in [5.74, 6) is -0.199. The molecular formula is C13H15ClN2O3. The van der Waals surface area contributed by atoms with Crippen molar-refractivity contribution < 1.29 is 14.3 Å². The molecule has 0 saturated carbocycles. The molecule has 1 fully saturated rings. The lowest BCUT2D eigenvalue weighted by Gasteiger charge is -2.15. The number of hydrogen-bond acceptors (Lipinski definition) is 3. The summed E-state index contributed by atoms with van der Waals surface area (Å²) in [6.45, 7) is 0.607. The van der Waals surface area contributed by atoms with Crippen molar-refractivity contribution in [3.8, 4) is 0 Å². The summed E-state index contributed by atoms with van der Waals surface area (Å²) in [6, 6.07) is 6.96. The topological polar surface area (TPSA) is 58.6 Å². The number of likely N-dealkylation sites (N-methyl/N-ethyl adjacent to an activating group) is 1. The molecule has 0 aromatic heterocycles. The van der Waals surface area contributed by atoms with Crippen LogP contribution in [0.15, 0.2) is 24.3 Å². The van der Waals surface area contributed by atoms with E-state index in [1.54, 1.807) is 13.1 Å². The van der Waals surface area contributed by atoms with Crippen LogP contribution in [-0.4, -0.2) is 43.1 Å². The second kappa shape index (κ2) is 5.93. The molecule has 6 heteroatoms. The molecule has 0 radical (unpaired) electrons. The van der Waals surface area contributed by atoms with Crippen molar-refractivity contribution in [2.24, 2.45) is 0 Å². The normalized spacial score (nSPS) is 18.3. The molecule has 0 bridgehead atoms. The van der Waals surface area contributed by atoms with Crippen molar-refractivity contribution in [1.82, 2.24) is 10.2 Å². The van der Waals surface area contributed by atoms with Crippen LogP contribution in [0.3, 0.4) is 0 Å². The minimum atomic E-state index is -0.535. The van der Waals surface area contributed by atoms with Gasteiger partial charge in [0.25, 0.3) is 0 Å². The quantitative estimate of drug-likeness (QED) is 0.909. The second-order valence-electron chi connectivity index (χ2n) is 4.37. The highest BCUT2D eigenvalue weighted by molar-refractivity contribution is 6.30. The molecule has 102 valence electrons. The Hall–Kier alpha value is -1.75. The lowest BCUT2D eigenvalue weighted by Crippen LogP contribution is -2.44. The number of cyclic esters (lactones) is 1. The number of hydrogen-bond donors (Lipinski definition) is 1. The van der Waals surface area contributed by atoms with Crippen LogP contribution >= 0.6 is 11.6 Å². The number of carbonyl (C=O) groups is 2. The van der Waals surface area contributed by atoms with Crippen molar-refractivity contribution in [2.75, 3.05) is 20.2 Å². The first kappa shape index (κ1) is 13.7. The van der Waals surface area contributed by atoms with Gasteiger partial charge < -0.3 is 10.1 Å². The number of amides is 2. The molecule has 2 amide bonds. The molecule has 1 aromatic rings. The molecule has 19 heavy (non-hydrogen) atoms. The molecule has 1 atom stereocenters. The number of nitrogens with zero attached hydrogens (tertiary/aromatic N) is 1. The molecule has 5 nitrogen and oxygen atoms in total. The fraction of sp³-hybridized carbons (Fsp3) is 0.385. The molecule has 2 rings (SSSR count). The monoisotopic (exact) mass is 282 g/mol. The van der Waals surface area contributed by atoms with Crippen molar-refractivity contribution in [3.05, 3.63) is 34.9 Å². The minimum Gasteiger partial charge on any atom is -0.447 e. The largest absolute Gasteiger partial charge is 0.447 e. The molecule has 0 spiro atoms. The summed E-state index contributed by atoms with van der Waals surface area (Å²) < 4.78 is 4.79. The van der Waals surface area contributed by atoms with Gasteiger partial charge in [0.2, 0.25) is 5.91 Å². The standard InChI is InChI=1S/C13H15ClN2O3/c1-16-11(8-19-13(16)18)12(17)15-6-5-9-3-2-4-10(14)7-9/h2-4,7,11H,5-6,8H2,1H3,(H,15,17). The van der Waals surface area contributed by atoms with Crippen LogP contribution in [0.1, 0.15) is 5.56 Å². The van der Waals surface area contributed by atoms with E-state index < -0.39 is 12.1 Å². The maximum Gasteiger partial charge on any atom is 0.410 e. The zero-order valence-electron chi connectivity index (χ0n) is 10.6. The van der Waals surface area contributed by atoms with Gasteiger partial charge in [0.15, 0.2) is 0 Å². The number of halogens is 1. The number of carbonyl (C=O) groups excluding carboxylic acids is 2. The van der Waals surface area contributed by atoms with Crippen LogP contribution in [0.2, 0.25) is 5.02 Å². The predicted molar refractivity (Wildman–Crippen MR) is 71.1 cm³/mol. The first-order valence-electron chi connectivity index (χ1n) is 5.99. The van der Waals surface area contributed by atoms with Crippen molar-refractivity contribution in [1.29, 1.82) is 0 Å². The van der Waals surface area contributed by atoms with Gasteiger partial charge in [-0.3, -0.25) is 9.69 Å². The van der Waals surface area contributed by atoms with Gasteiger partial charge in [0.05, 0.1) is 0 Å². The number of nitrogens with one attached hydrogen (secondary N) is 1. The van der Waals surface area contributed by atoms with Gasteiger partial charge in [0, 0.05) is 18.6 Å². The third-order valence-corrected chi connectivity index (χ3v) is 3.26. The molecule has 1 saturated heterocycles. The van der Waals surface area contributed by atoms with Crippen LogP contribution in [0.4, 0.5) is 4.79 Å². The number of rotatable bonds is 4. The van der Waals surface area contributed by atoms with E-state index in [1.807, 2.05) is 18.2 Å². The van der Waals surface area contributed by atoms with E-state index in [2.05, 4.69) is 5.32 Å². The Morgan fingerprint density at radius 3 is 3.00 bits per heavy atom. The van der Waals surface area contributed by atoms with Crippen LogP contribution in [0, 0.1) is 0 Å². The van der Waals surface area contributed by atoms with E-state index >= 15 is 0 Å². The van der Waals surface area contributed by atoms with E-state index in [-0.39, 0.29) is 12.5 Å². The molecule has 1 unspecified atom stereocenters. The van der Waals surface area contributed by atoms with Gasteiger partial charge in [-0.15, -0.1) is 0 Å². The average Bonchev–Trinajstić information content (AvgIpc) is 2.70. The van der Waals surface area contributed by atoms with Crippen LogP contribution in [0.25, 0.3) is 0 Å². The molecule has 1 N–H and O–H groups in total. The highest BCUT2D eigenvalue weighted by atomic mass is 35.5. The Morgan fingerprint density at radius 1 is 1.58 bits per heavy atom. The van der Waals surface area contributed by atoms with Gasteiger partial charge >= 0.3 is 6.09 Å². The molecule has 1 aliphatic rings. The third-order valence-electron chi connectivity index (χ3n) is 3.02. The Bertz CT molecular complexity index is 493. The Kier molecular flexibility index (Phi) is 4.27. The van der Waals surface area contributed by atoms with Crippen LogP contribution < -0.4 is 5.32 Å². The van der Waals surface area contributed by atoms with Crippen LogP contribution in [-0.2, 0) is 16.0 Å². The van der Waals surface area contributed by atoms with Crippen molar-refractivity contribution in [3.63, 3.8) is 0 Å². The number of benzene rings is 1. The lowest BCUT2D eigenvalue weighted by atomic mass is 10.1. The average molecular weight is 283 g/mol. The van der Waals surface area contributed by atoms with Gasteiger partial charge in [-0.2, -0.15) is 0 Å². The van der Waals surface area contributed by atoms with E-state index in [0.717, 1.165) is 5.56 Å². The summed E-state index contributed by atoms with van der Waals surface area (Å²) in [7, 11) is 1.55. The van der Waals surface area contributed by atoms with E-state index in [1.165, 1.54) is 4.90 Å².